The maximum absolute atomic E-state index is 5.81. The smallest absolute Gasteiger partial charge is 0.134 e. The van der Waals surface area contributed by atoms with E-state index in [4.69, 9.17) is 11.6 Å². The quantitative estimate of drug-likeness (QED) is 0.737. The van der Waals surface area contributed by atoms with Crippen LogP contribution in [0.1, 0.15) is 33.6 Å². The third-order valence-corrected chi connectivity index (χ3v) is 3.24. The highest BCUT2D eigenvalue weighted by molar-refractivity contribution is 6.29. The Labute approximate surface area is 115 Å². The lowest BCUT2D eigenvalue weighted by Gasteiger charge is -2.20. The van der Waals surface area contributed by atoms with E-state index >= 15 is 0 Å². The van der Waals surface area contributed by atoms with Crippen molar-refractivity contribution in [2.24, 2.45) is 0 Å². The monoisotopic (exact) mass is 270 g/mol. The van der Waals surface area contributed by atoms with Gasteiger partial charge in [-0.3, -0.25) is 0 Å². The van der Waals surface area contributed by atoms with Gasteiger partial charge in [0.1, 0.15) is 17.3 Å². The van der Waals surface area contributed by atoms with Crippen molar-refractivity contribution in [3.05, 3.63) is 17.5 Å². The van der Waals surface area contributed by atoms with E-state index in [1.54, 1.807) is 6.07 Å². The van der Waals surface area contributed by atoms with Crippen LogP contribution in [-0.4, -0.2) is 40.5 Å². The van der Waals surface area contributed by atoms with Gasteiger partial charge in [0.05, 0.1) is 0 Å². The van der Waals surface area contributed by atoms with Crippen LogP contribution in [0.4, 0.5) is 5.82 Å². The molecule has 0 aliphatic rings. The van der Waals surface area contributed by atoms with Crippen LogP contribution in [0.3, 0.4) is 0 Å². The first-order valence-corrected chi connectivity index (χ1v) is 7.00. The Balaban J connectivity index is 2.27. The summed E-state index contributed by atoms with van der Waals surface area (Å²) in [5, 5.41) is 3.81. The molecule has 0 aliphatic carbocycles. The average molecular weight is 271 g/mol. The highest BCUT2D eigenvalue weighted by Crippen LogP contribution is 2.11. The second kappa shape index (κ2) is 8.27. The molecule has 0 fully saturated rings. The molecule has 0 spiro atoms. The van der Waals surface area contributed by atoms with E-state index in [2.05, 4.69) is 41.0 Å². The van der Waals surface area contributed by atoms with Gasteiger partial charge in [-0.1, -0.05) is 25.4 Å². The van der Waals surface area contributed by atoms with Gasteiger partial charge < -0.3 is 10.2 Å². The van der Waals surface area contributed by atoms with Gasteiger partial charge in [-0.15, -0.1) is 0 Å². The lowest BCUT2D eigenvalue weighted by molar-refractivity contribution is 0.295. The van der Waals surface area contributed by atoms with Gasteiger partial charge >= 0.3 is 0 Å². The van der Waals surface area contributed by atoms with E-state index < -0.39 is 0 Å². The lowest BCUT2D eigenvalue weighted by atomic mass is 10.1. The predicted octanol–water partition coefficient (Wildman–Crippen LogP) is 3.05. The van der Waals surface area contributed by atoms with Crippen molar-refractivity contribution in [3.8, 4) is 0 Å². The van der Waals surface area contributed by atoms with E-state index in [-0.39, 0.29) is 0 Å². The van der Waals surface area contributed by atoms with Crippen LogP contribution >= 0.6 is 11.6 Å². The van der Waals surface area contributed by atoms with Crippen LogP contribution in [0, 0.1) is 0 Å². The molecule has 0 aromatic carbocycles. The largest absolute Gasteiger partial charge is 0.367 e. The molecule has 0 bridgehead atoms. The van der Waals surface area contributed by atoms with Crippen molar-refractivity contribution in [1.82, 2.24) is 14.9 Å². The minimum Gasteiger partial charge on any atom is -0.367 e. The first-order chi connectivity index (χ1) is 8.65. The lowest BCUT2D eigenvalue weighted by Crippen LogP contribution is -2.25. The summed E-state index contributed by atoms with van der Waals surface area (Å²) in [5.41, 5.74) is 0. The maximum atomic E-state index is 5.81. The van der Waals surface area contributed by atoms with Gasteiger partial charge in [0.15, 0.2) is 0 Å². The molecule has 1 unspecified atom stereocenters. The van der Waals surface area contributed by atoms with E-state index in [0.29, 0.717) is 11.2 Å². The molecule has 5 heteroatoms. The second-order valence-electron chi connectivity index (χ2n) is 4.44. The standard InChI is InChI=1S/C13H23ClN4/c1-4-18(5-2)8-6-7-11(3)17-13-9-12(14)15-10-16-13/h9-11H,4-8H2,1-3H3,(H,15,16,17). The fourth-order valence-electron chi connectivity index (χ4n) is 1.90. The van der Waals surface area contributed by atoms with Gasteiger partial charge in [0.2, 0.25) is 0 Å². The van der Waals surface area contributed by atoms with Gasteiger partial charge in [-0.2, -0.15) is 0 Å². The van der Waals surface area contributed by atoms with Crippen molar-refractivity contribution < 1.29 is 0 Å². The molecule has 1 heterocycles. The van der Waals surface area contributed by atoms with E-state index in [0.717, 1.165) is 31.9 Å². The first-order valence-electron chi connectivity index (χ1n) is 6.62. The summed E-state index contributed by atoms with van der Waals surface area (Å²) in [5.74, 6) is 0.797. The number of rotatable bonds is 8. The number of hydrogen-bond donors (Lipinski definition) is 1. The molecule has 1 atom stereocenters. The molecule has 1 aromatic heterocycles. The SMILES string of the molecule is CCN(CC)CCCC(C)Nc1cc(Cl)ncn1. The summed E-state index contributed by atoms with van der Waals surface area (Å²) in [4.78, 5) is 10.4. The third kappa shape index (κ3) is 5.65. The molecule has 1 aromatic rings. The molecule has 1 rings (SSSR count). The summed E-state index contributed by atoms with van der Waals surface area (Å²) < 4.78 is 0. The third-order valence-electron chi connectivity index (χ3n) is 3.03. The van der Waals surface area contributed by atoms with Crippen molar-refractivity contribution in [2.45, 2.75) is 39.7 Å². The van der Waals surface area contributed by atoms with E-state index in [1.807, 2.05) is 0 Å². The summed E-state index contributed by atoms with van der Waals surface area (Å²) in [6.07, 6.45) is 3.79. The predicted molar refractivity (Wildman–Crippen MR) is 77.1 cm³/mol. The van der Waals surface area contributed by atoms with Gasteiger partial charge in [-0.25, -0.2) is 9.97 Å². The molecular formula is C13H23ClN4. The van der Waals surface area contributed by atoms with Crippen molar-refractivity contribution in [3.63, 3.8) is 0 Å². The first kappa shape index (κ1) is 15.2. The summed E-state index contributed by atoms with van der Waals surface area (Å²) in [6, 6.07) is 2.15. The highest BCUT2D eigenvalue weighted by Gasteiger charge is 2.05. The van der Waals surface area contributed by atoms with Gasteiger partial charge in [-0.05, 0) is 39.4 Å². The molecule has 0 saturated carbocycles. The number of nitrogens with one attached hydrogen (secondary N) is 1. The number of anilines is 1. The van der Waals surface area contributed by atoms with E-state index in [1.165, 1.54) is 12.7 Å². The minimum atomic E-state index is 0.395. The number of hydrogen-bond acceptors (Lipinski definition) is 4. The Morgan fingerprint density at radius 1 is 1.33 bits per heavy atom. The molecule has 0 amide bonds. The summed E-state index contributed by atoms with van der Waals surface area (Å²) >= 11 is 5.81. The highest BCUT2D eigenvalue weighted by atomic mass is 35.5. The number of halogens is 1. The maximum Gasteiger partial charge on any atom is 0.134 e. The zero-order valence-electron chi connectivity index (χ0n) is 11.5. The normalized spacial score (nSPS) is 12.7. The van der Waals surface area contributed by atoms with Gasteiger partial charge in [0.25, 0.3) is 0 Å². The van der Waals surface area contributed by atoms with Crippen LogP contribution in [-0.2, 0) is 0 Å². The Morgan fingerprint density at radius 2 is 2.06 bits per heavy atom. The fourth-order valence-corrected chi connectivity index (χ4v) is 2.05. The summed E-state index contributed by atoms with van der Waals surface area (Å²) in [6.45, 7) is 9.98. The van der Waals surface area contributed by atoms with Crippen LogP contribution in [0.2, 0.25) is 5.15 Å². The van der Waals surface area contributed by atoms with Crippen molar-refractivity contribution >= 4 is 17.4 Å². The van der Waals surface area contributed by atoms with Crippen LogP contribution in [0.25, 0.3) is 0 Å². The molecule has 4 nitrogen and oxygen atoms in total. The second-order valence-corrected chi connectivity index (χ2v) is 4.83. The van der Waals surface area contributed by atoms with Crippen molar-refractivity contribution in [2.75, 3.05) is 25.0 Å². The van der Waals surface area contributed by atoms with Crippen molar-refractivity contribution in [1.29, 1.82) is 0 Å². The molecule has 102 valence electrons. The molecule has 18 heavy (non-hydrogen) atoms. The topological polar surface area (TPSA) is 41.0 Å². The Bertz CT molecular complexity index is 342. The van der Waals surface area contributed by atoms with Crippen LogP contribution in [0.5, 0.6) is 0 Å². The number of nitrogens with zero attached hydrogens (tertiary/aromatic N) is 3. The zero-order valence-corrected chi connectivity index (χ0v) is 12.2. The molecule has 0 aliphatic heterocycles. The Hall–Kier alpha value is -0.870. The molecule has 0 saturated heterocycles. The fraction of sp³-hybridized carbons (Fsp3) is 0.692. The van der Waals surface area contributed by atoms with E-state index in [9.17, 15) is 0 Å². The molecule has 0 radical (unpaired) electrons. The average Bonchev–Trinajstić information content (AvgIpc) is 2.34. The molecule has 1 N–H and O–H groups in total. The van der Waals surface area contributed by atoms with Gasteiger partial charge in [0, 0.05) is 12.1 Å². The zero-order chi connectivity index (χ0) is 13.4. The van der Waals surface area contributed by atoms with Crippen LogP contribution in [0.15, 0.2) is 12.4 Å². The molecular weight excluding hydrogens is 248 g/mol. The minimum absolute atomic E-state index is 0.395. The Morgan fingerprint density at radius 3 is 2.67 bits per heavy atom. The Kier molecular flexibility index (Phi) is 6.98. The summed E-state index contributed by atoms with van der Waals surface area (Å²) in [7, 11) is 0. The number of aromatic nitrogens is 2. The van der Waals surface area contributed by atoms with Crippen LogP contribution < -0.4 is 5.32 Å².